The van der Waals surface area contributed by atoms with Crippen LogP contribution in [0.15, 0.2) is 0 Å². The van der Waals surface area contributed by atoms with Crippen LogP contribution < -0.4 is 0 Å². The standard InChI is InChI=1S/C27H44O3/c1-16-7-12-27(29-15-16)17(2)24-23(30-27)14-22-20-6-5-18-13-19(28)8-10-25(18,3)21(20)9-11-26(22,24)4/h16-24,28H,5-15H2,1-4H3/t16-,17+,18+,19+,20?,21?,22?,23+,24+,25+,26+,27-/m1/s1. The smallest absolute Gasteiger partial charge is 0.171 e. The number of hydrogen-bond donors (Lipinski definition) is 1. The number of aliphatic hydroxyl groups excluding tert-OH is 1. The fourth-order valence-electron chi connectivity index (χ4n) is 10.3. The summed E-state index contributed by atoms with van der Waals surface area (Å²) in [5, 5.41) is 10.3. The predicted molar refractivity (Wildman–Crippen MR) is 118 cm³/mol. The summed E-state index contributed by atoms with van der Waals surface area (Å²) < 4.78 is 13.4. The SMILES string of the molecule is C[C@@H]1CC[C@@]2(OC1)O[C@H]1CC3C4CC[C@H]5C[C@@H](O)CC[C@]5(C)C4CC[C@]3(C)[C@H]1[C@@H]2C. The molecule has 6 aliphatic rings. The van der Waals surface area contributed by atoms with Gasteiger partial charge >= 0.3 is 0 Å². The fourth-order valence-corrected chi connectivity index (χ4v) is 10.3. The maximum atomic E-state index is 10.3. The third kappa shape index (κ3) is 2.61. The summed E-state index contributed by atoms with van der Waals surface area (Å²) in [4.78, 5) is 0. The summed E-state index contributed by atoms with van der Waals surface area (Å²) in [6, 6.07) is 0. The van der Waals surface area contributed by atoms with E-state index >= 15 is 0 Å². The number of fused-ring (bicyclic) bond motifs is 7. The van der Waals surface area contributed by atoms with Gasteiger partial charge in [-0.05, 0) is 104 Å². The molecule has 3 heteroatoms. The van der Waals surface area contributed by atoms with E-state index in [0.29, 0.717) is 34.7 Å². The normalized spacial score (nSPS) is 62.5. The molecule has 6 rings (SSSR count). The van der Waals surface area contributed by atoms with Crippen molar-refractivity contribution in [3.63, 3.8) is 0 Å². The summed E-state index contributed by atoms with van der Waals surface area (Å²) in [6.07, 6.45) is 12.9. The second-order valence-corrected chi connectivity index (χ2v) is 13.1. The molecule has 3 nitrogen and oxygen atoms in total. The Hall–Kier alpha value is -0.120. The highest BCUT2D eigenvalue weighted by Gasteiger charge is 2.69. The van der Waals surface area contributed by atoms with E-state index in [1.165, 1.54) is 44.9 Å². The Balaban J connectivity index is 1.26. The third-order valence-corrected chi connectivity index (χ3v) is 11.9. The molecule has 4 aliphatic carbocycles. The summed E-state index contributed by atoms with van der Waals surface area (Å²) in [5.74, 6) is 4.93. The predicted octanol–water partition coefficient (Wildman–Crippen LogP) is 5.79. The summed E-state index contributed by atoms with van der Waals surface area (Å²) >= 11 is 0. The maximum Gasteiger partial charge on any atom is 0.171 e. The maximum absolute atomic E-state index is 10.3. The number of hydrogen-bond acceptors (Lipinski definition) is 3. The average Bonchev–Trinajstić information content (AvgIpc) is 3.16. The van der Waals surface area contributed by atoms with Gasteiger partial charge < -0.3 is 14.6 Å². The first-order valence-corrected chi connectivity index (χ1v) is 13.3. The lowest BCUT2D eigenvalue weighted by Crippen LogP contribution is -2.55. The highest BCUT2D eigenvalue weighted by Crippen LogP contribution is 2.71. The van der Waals surface area contributed by atoms with E-state index in [1.54, 1.807) is 0 Å². The van der Waals surface area contributed by atoms with Crippen LogP contribution in [0, 0.1) is 52.3 Å². The first kappa shape index (κ1) is 20.5. The third-order valence-electron chi connectivity index (χ3n) is 11.9. The van der Waals surface area contributed by atoms with Crippen LogP contribution in [0.1, 0.15) is 91.9 Å². The minimum absolute atomic E-state index is 0.0389. The Labute approximate surface area is 183 Å². The molecule has 30 heavy (non-hydrogen) atoms. The van der Waals surface area contributed by atoms with Crippen molar-refractivity contribution < 1.29 is 14.6 Å². The lowest BCUT2D eigenvalue weighted by atomic mass is 9.44. The Morgan fingerprint density at radius 1 is 0.833 bits per heavy atom. The molecule has 1 spiro atoms. The van der Waals surface area contributed by atoms with Gasteiger partial charge in [-0.1, -0.05) is 27.7 Å². The highest BCUT2D eigenvalue weighted by atomic mass is 16.7. The molecule has 0 aromatic heterocycles. The van der Waals surface area contributed by atoms with Crippen LogP contribution >= 0.6 is 0 Å². The van der Waals surface area contributed by atoms with Crippen LogP contribution in [0.3, 0.4) is 0 Å². The monoisotopic (exact) mass is 416 g/mol. The van der Waals surface area contributed by atoms with Crippen LogP contribution in [-0.2, 0) is 9.47 Å². The molecule has 2 aliphatic heterocycles. The number of rotatable bonds is 0. The van der Waals surface area contributed by atoms with Crippen molar-refractivity contribution in [1.82, 2.24) is 0 Å². The van der Waals surface area contributed by atoms with E-state index in [-0.39, 0.29) is 11.9 Å². The molecule has 12 atom stereocenters. The lowest BCUT2D eigenvalue weighted by molar-refractivity contribution is -0.273. The minimum Gasteiger partial charge on any atom is -0.393 e. The largest absolute Gasteiger partial charge is 0.393 e. The van der Waals surface area contributed by atoms with Gasteiger partial charge in [-0.25, -0.2) is 0 Å². The van der Waals surface area contributed by atoms with E-state index in [4.69, 9.17) is 9.47 Å². The fraction of sp³-hybridized carbons (Fsp3) is 1.00. The van der Waals surface area contributed by atoms with Gasteiger partial charge in [0.1, 0.15) is 0 Å². The number of ether oxygens (including phenoxy) is 2. The van der Waals surface area contributed by atoms with Crippen molar-refractivity contribution in [1.29, 1.82) is 0 Å². The van der Waals surface area contributed by atoms with E-state index < -0.39 is 0 Å². The molecule has 170 valence electrons. The average molecular weight is 417 g/mol. The van der Waals surface area contributed by atoms with Gasteiger partial charge in [0.25, 0.3) is 0 Å². The topological polar surface area (TPSA) is 38.7 Å². The van der Waals surface area contributed by atoms with Gasteiger partial charge in [0.15, 0.2) is 5.79 Å². The molecule has 2 saturated heterocycles. The van der Waals surface area contributed by atoms with Gasteiger partial charge in [0, 0.05) is 12.3 Å². The molecule has 2 heterocycles. The zero-order chi connectivity index (χ0) is 20.9. The summed E-state index contributed by atoms with van der Waals surface area (Å²) in [5.41, 5.74) is 0.899. The van der Waals surface area contributed by atoms with Crippen molar-refractivity contribution in [3.8, 4) is 0 Å². The molecular formula is C27H44O3. The molecule has 0 aromatic rings. The molecule has 0 radical (unpaired) electrons. The van der Waals surface area contributed by atoms with E-state index in [9.17, 15) is 5.11 Å². The quantitative estimate of drug-likeness (QED) is 0.543. The second kappa shape index (κ2) is 6.70. The van der Waals surface area contributed by atoms with Crippen LogP contribution in [0.4, 0.5) is 0 Å². The van der Waals surface area contributed by atoms with Crippen molar-refractivity contribution in [2.24, 2.45) is 52.3 Å². The van der Waals surface area contributed by atoms with E-state index in [1.807, 2.05) is 0 Å². The molecule has 1 N–H and O–H groups in total. The van der Waals surface area contributed by atoms with E-state index in [2.05, 4.69) is 27.7 Å². The molecular weight excluding hydrogens is 372 g/mol. The van der Waals surface area contributed by atoms with Crippen LogP contribution in [-0.4, -0.2) is 29.7 Å². The Kier molecular flexibility index (Phi) is 4.58. The zero-order valence-corrected chi connectivity index (χ0v) is 19.7. The first-order valence-electron chi connectivity index (χ1n) is 13.3. The second-order valence-electron chi connectivity index (χ2n) is 13.1. The van der Waals surface area contributed by atoms with Gasteiger partial charge in [0.2, 0.25) is 0 Å². The molecule has 3 unspecified atom stereocenters. The summed E-state index contributed by atoms with van der Waals surface area (Å²) in [7, 11) is 0. The van der Waals surface area contributed by atoms with Gasteiger partial charge in [-0.15, -0.1) is 0 Å². The summed E-state index contributed by atoms with van der Waals surface area (Å²) in [6.45, 7) is 10.9. The van der Waals surface area contributed by atoms with Gasteiger partial charge in [-0.2, -0.15) is 0 Å². The zero-order valence-electron chi connectivity index (χ0n) is 19.7. The van der Waals surface area contributed by atoms with Gasteiger partial charge in [0.05, 0.1) is 18.8 Å². The number of aliphatic hydroxyl groups is 1. The van der Waals surface area contributed by atoms with Gasteiger partial charge in [-0.3, -0.25) is 0 Å². The van der Waals surface area contributed by atoms with Crippen LogP contribution in [0.2, 0.25) is 0 Å². The Morgan fingerprint density at radius 2 is 1.63 bits per heavy atom. The molecule has 0 bridgehead atoms. The highest BCUT2D eigenvalue weighted by molar-refractivity contribution is 5.15. The molecule has 0 amide bonds. The minimum atomic E-state index is -0.282. The molecule has 0 aromatic carbocycles. The van der Waals surface area contributed by atoms with Crippen LogP contribution in [0.25, 0.3) is 0 Å². The van der Waals surface area contributed by atoms with Crippen molar-refractivity contribution in [2.45, 2.75) is 110 Å². The lowest BCUT2D eigenvalue weighted by Gasteiger charge is -2.61. The Morgan fingerprint density at radius 3 is 2.40 bits per heavy atom. The first-order chi connectivity index (χ1) is 14.3. The van der Waals surface area contributed by atoms with Crippen molar-refractivity contribution >= 4 is 0 Å². The van der Waals surface area contributed by atoms with Crippen molar-refractivity contribution in [2.75, 3.05) is 6.61 Å². The van der Waals surface area contributed by atoms with E-state index in [0.717, 1.165) is 49.5 Å². The van der Waals surface area contributed by atoms with Crippen LogP contribution in [0.5, 0.6) is 0 Å². The van der Waals surface area contributed by atoms with Crippen molar-refractivity contribution in [3.05, 3.63) is 0 Å². The molecule has 6 fully saturated rings. The molecule has 4 saturated carbocycles. The Bertz CT molecular complexity index is 684.